The SMILES string of the molecule is C#CC=CC[C@H]1CCC[C@@H]2N[C@H](CCC=C=C)CC[C@H]12. The van der Waals surface area contributed by atoms with Gasteiger partial charge in [0, 0.05) is 12.1 Å². The third kappa shape index (κ3) is 4.14. The van der Waals surface area contributed by atoms with Crippen molar-refractivity contribution in [1.29, 1.82) is 0 Å². The van der Waals surface area contributed by atoms with Crippen LogP contribution in [0.15, 0.2) is 30.5 Å². The molecule has 0 aromatic heterocycles. The normalized spacial score (nSPS) is 33.1. The van der Waals surface area contributed by atoms with Crippen molar-refractivity contribution in [3.8, 4) is 12.3 Å². The maximum absolute atomic E-state index is 5.29. The van der Waals surface area contributed by atoms with E-state index >= 15 is 0 Å². The van der Waals surface area contributed by atoms with Gasteiger partial charge in [-0.2, -0.15) is 0 Å². The molecule has 0 unspecified atom stereocenters. The zero-order valence-electron chi connectivity index (χ0n) is 12.5. The van der Waals surface area contributed by atoms with Crippen LogP contribution < -0.4 is 5.32 Å². The van der Waals surface area contributed by atoms with Crippen LogP contribution in [0.4, 0.5) is 0 Å². The molecule has 0 spiro atoms. The van der Waals surface area contributed by atoms with E-state index in [1.807, 2.05) is 6.08 Å². The number of fused-ring (bicyclic) bond motifs is 1. The van der Waals surface area contributed by atoms with E-state index in [9.17, 15) is 0 Å². The molecule has 0 bridgehead atoms. The van der Waals surface area contributed by atoms with Crippen molar-refractivity contribution in [2.45, 2.75) is 63.5 Å². The van der Waals surface area contributed by atoms with Gasteiger partial charge in [-0.05, 0) is 68.9 Å². The molecule has 20 heavy (non-hydrogen) atoms. The van der Waals surface area contributed by atoms with Gasteiger partial charge in [-0.3, -0.25) is 0 Å². The molecule has 1 heterocycles. The summed E-state index contributed by atoms with van der Waals surface area (Å²) >= 11 is 0. The van der Waals surface area contributed by atoms with Crippen LogP contribution in [-0.2, 0) is 0 Å². The minimum Gasteiger partial charge on any atom is -0.311 e. The van der Waals surface area contributed by atoms with Crippen LogP contribution in [0.1, 0.15) is 51.4 Å². The molecule has 1 heteroatoms. The molecule has 1 nitrogen and oxygen atoms in total. The third-order valence-electron chi connectivity index (χ3n) is 4.97. The molecule has 2 aliphatic rings. The number of allylic oxidation sites excluding steroid dienone is 3. The molecule has 108 valence electrons. The van der Waals surface area contributed by atoms with Gasteiger partial charge in [0.05, 0.1) is 0 Å². The Morgan fingerprint density at radius 3 is 2.95 bits per heavy atom. The van der Waals surface area contributed by atoms with Crippen LogP contribution in [-0.4, -0.2) is 12.1 Å². The molecule has 0 aromatic carbocycles. The highest BCUT2D eigenvalue weighted by molar-refractivity contribution is 5.09. The average molecular weight is 269 g/mol. The average Bonchev–Trinajstić information content (AvgIpc) is 2.48. The molecule has 1 saturated carbocycles. The molecule has 1 saturated heterocycles. The van der Waals surface area contributed by atoms with Gasteiger partial charge in [-0.25, -0.2) is 0 Å². The van der Waals surface area contributed by atoms with E-state index in [2.05, 4.69) is 35.7 Å². The van der Waals surface area contributed by atoms with Crippen molar-refractivity contribution < 1.29 is 0 Å². The van der Waals surface area contributed by atoms with Crippen LogP contribution in [0.25, 0.3) is 0 Å². The summed E-state index contributed by atoms with van der Waals surface area (Å²) in [6, 6.07) is 1.43. The van der Waals surface area contributed by atoms with E-state index in [4.69, 9.17) is 6.42 Å². The fourth-order valence-electron chi connectivity index (χ4n) is 4.00. The Labute approximate surface area is 124 Å². The summed E-state index contributed by atoms with van der Waals surface area (Å²) in [5.41, 5.74) is 2.87. The molecular weight excluding hydrogens is 242 g/mol. The first-order valence-electron chi connectivity index (χ1n) is 8.06. The Bertz CT molecular complexity index is 408. The summed E-state index contributed by atoms with van der Waals surface area (Å²) in [6.07, 6.45) is 21.7. The van der Waals surface area contributed by atoms with Crippen LogP contribution in [0.2, 0.25) is 0 Å². The van der Waals surface area contributed by atoms with E-state index in [0.29, 0.717) is 6.04 Å². The first-order valence-corrected chi connectivity index (χ1v) is 8.06. The summed E-state index contributed by atoms with van der Waals surface area (Å²) in [5.74, 6) is 4.30. The summed E-state index contributed by atoms with van der Waals surface area (Å²) in [7, 11) is 0. The lowest BCUT2D eigenvalue weighted by atomic mass is 9.69. The largest absolute Gasteiger partial charge is 0.311 e. The number of nitrogens with one attached hydrogen (secondary N) is 1. The van der Waals surface area contributed by atoms with Crippen molar-refractivity contribution in [1.82, 2.24) is 5.32 Å². The van der Waals surface area contributed by atoms with Crippen molar-refractivity contribution in [3.05, 3.63) is 30.5 Å². The summed E-state index contributed by atoms with van der Waals surface area (Å²) < 4.78 is 0. The molecule has 0 aromatic rings. The fraction of sp³-hybridized carbons (Fsp3) is 0.632. The Hall–Kier alpha value is -1.22. The van der Waals surface area contributed by atoms with E-state index < -0.39 is 0 Å². The molecule has 1 aliphatic carbocycles. The smallest absolute Gasteiger partial charge is 0.0101 e. The van der Waals surface area contributed by atoms with Crippen molar-refractivity contribution >= 4 is 0 Å². The van der Waals surface area contributed by atoms with Crippen molar-refractivity contribution in [2.75, 3.05) is 0 Å². The van der Waals surface area contributed by atoms with Crippen LogP contribution in [0, 0.1) is 24.2 Å². The standard InChI is InChI=1S/C19H27N/c1-3-5-7-10-16-11-9-13-19-18(16)15-14-17(20-19)12-8-6-4-2/h1,5-7,16-20H,2,8-15H2/t16-,17+,18+,19-/m0/s1. The Morgan fingerprint density at radius 1 is 1.25 bits per heavy atom. The number of terminal acetylenes is 1. The van der Waals surface area contributed by atoms with Gasteiger partial charge < -0.3 is 5.32 Å². The molecule has 0 amide bonds. The molecule has 1 N–H and O–H groups in total. The van der Waals surface area contributed by atoms with Crippen LogP contribution in [0.3, 0.4) is 0 Å². The zero-order chi connectivity index (χ0) is 14.2. The topological polar surface area (TPSA) is 12.0 Å². The minimum absolute atomic E-state index is 0.695. The van der Waals surface area contributed by atoms with Gasteiger partial charge in [0.25, 0.3) is 0 Å². The van der Waals surface area contributed by atoms with Crippen molar-refractivity contribution in [2.24, 2.45) is 11.8 Å². The first-order chi connectivity index (χ1) is 9.85. The van der Waals surface area contributed by atoms with E-state index in [-0.39, 0.29) is 0 Å². The second kappa shape index (κ2) is 8.15. The lowest BCUT2D eigenvalue weighted by Crippen LogP contribution is -2.51. The predicted octanol–water partition coefficient (Wildman–Crippen LogP) is 4.22. The van der Waals surface area contributed by atoms with Gasteiger partial charge in [-0.1, -0.05) is 25.0 Å². The maximum Gasteiger partial charge on any atom is 0.0101 e. The van der Waals surface area contributed by atoms with Crippen LogP contribution in [0.5, 0.6) is 0 Å². The highest BCUT2D eigenvalue weighted by Gasteiger charge is 2.36. The molecule has 0 radical (unpaired) electrons. The van der Waals surface area contributed by atoms with E-state index in [0.717, 1.165) is 30.7 Å². The molecule has 2 fully saturated rings. The van der Waals surface area contributed by atoms with Gasteiger partial charge >= 0.3 is 0 Å². The summed E-state index contributed by atoms with van der Waals surface area (Å²) in [4.78, 5) is 0. The molecular formula is C19H27N. The quantitative estimate of drug-likeness (QED) is 0.582. The zero-order valence-corrected chi connectivity index (χ0v) is 12.5. The second-order valence-corrected chi connectivity index (χ2v) is 6.19. The fourth-order valence-corrected chi connectivity index (χ4v) is 4.00. The summed E-state index contributed by atoms with van der Waals surface area (Å²) in [6.45, 7) is 3.63. The molecule has 4 atom stereocenters. The van der Waals surface area contributed by atoms with E-state index in [1.165, 1.54) is 38.5 Å². The predicted molar refractivity (Wildman–Crippen MR) is 86.3 cm³/mol. The lowest BCUT2D eigenvalue weighted by Gasteiger charge is -2.44. The Kier molecular flexibility index (Phi) is 6.19. The lowest BCUT2D eigenvalue weighted by molar-refractivity contribution is 0.114. The second-order valence-electron chi connectivity index (χ2n) is 6.19. The number of rotatable bonds is 5. The monoisotopic (exact) mass is 269 g/mol. The van der Waals surface area contributed by atoms with Crippen molar-refractivity contribution in [3.63, 3.8) is 0 Å². The van der Waals surface area contributed by atoms with Gasteiger partial charge in [0.1, 0.15) is 0 Å². The van der Waals surface area contributed by atoms with Gasteiger partial charge in [-0.15, -0.1) is 12.2 Å². The van der Waals surface area contributed by atoms with Gasteiger partial charge in [0.2, 0.25) is 0 Å². The summed E-state index contributed by atoms with van der Waals surface area (Å²) in [5, 5.41) is 3.90. The highest BCUT2D eigenvalue weighted by Crippen LogP contribution is 2.39. The molecule has 1 aliphatic heterocycles. The van der Waals surface area contributed by atoms with Crippen LogP contribution >= 0.6 is 0 Å². The van der Waals surface area contributed by atoms with E-state index in [1.54, 1.807) is 0 Å². The molecule has 2 rings (SSSR count). The van der Waals surface area contributed by atoms with Gasteiger partial charge in [0.15, 0.2) is 0 Å². The maximum atomic E-state index is 5.29. The first kappa shape index (κ1) is 15.2. The Balaban J connectivity index is 1.85. The number of piperidine rings is 1. The minimum atomic E-state index is 0.695. The third-order valence-corrected chi connectivity index (χ3v) is 4.97. The Morgan fingerprint density at radius 2 is 2.15 bits per heavy atom. The number of hydrogen-bond donors (Lipinski definition) is 1. The highest BCUT2D eigenvalue weighted by atomic mass is 15.0. The number of hydrogen-bond acceptors (Lipinski definition) is 1.